The highest BCUT2D eigenvalue weighted by atomic mass is 16.7. The van der Waals surface area contributed by atoms with Gasteiger partial charge >= 0.3 is 0 Å². The Morgan fingerprint density at radius 2 is 2.24 bits per heavy atom. The van der Waals surface area contributed by atoms with Crippen molar-refractivity contribution in [3.63, 3.8) is 0 Å². The zero-order valence-electron chi connectivity index (χ0n) is 9.85. The molecule has 1 aliphatic rings. The molecule has 1 heterocycles. The predicted molar refractivity (Wildman–Crippen MR) is 62.6 cm³/mol. The summed E-state index contributed by atoms with van der Waals surface area (Å²) in [6, 6.07) is 5.09. The first-order valence-corrected chi connectivity index (χ1v) is 5.75. The van der Waals surface area contributed by atoms with Crippen molar-refractivity contribution in [2.45, 2.75) is 25.6 Å². The summed E-state index contributed by atoms with van der Waals surface area (Å²) in [5, 5.41) is 0. The minimum atomic E-state index is -0.237. The Labute approximate surface area is 100 Å². The highest BCUT2D eigenvalue weighted by Gasteiger charge is 2.17. The second kappa shape index (κ2) is 5.68. The third-order valence-corrected chi connectivity index (χ3v) is 2.72. The van der Waals surface area contributed by atoms with E-state index in [1.165, 1.54) is 0 Å². The Morgan fingerprint density at radius 3 is 2.88 bits per heavy atom. The Kier molecular flexibility index (Phi) is 3.98. The molecule has 1 fully saturated rings. The van der Waals surface area contributed by atoms with Crippen LogP contribution in [-0.2, 0) is 4.74 Å². The number of hydrogen-bond donors (Lipinski definition) is 0. The van der Waals surface area contributed by atoms with Crippen molar-refractivity contribution in [1.82, 2.24) is 0 Å². The molecule has 4 nitrogen and oxygen atoms in total. The monoisotopic (exact) mass is 236 g/mol. The molecule has 0 aliphatic carbocycles. The van der Waals surface area contributed by atoms with Gasteiger partial charge in [0.05, 0.1) is 13.7 Å². The van der Waals surface area contributed by atoms with Crippen LogP contribution in [0.4, 0.5) is 0 Å². The maximum absolute atomic E-state index is 10.7. The molecule has 1 aromatic carbocycles. The third kappa shape index (κ3) is 2.97. The van der Waals surface area contributed by atoms with Gasteiger partial charge in [-0.1, -0.05) is 0 Å². The Hall–Kier alpha value is -1.55. The summed E-state index contributed by atoms with van der Waals surface area (Å²) in [6.07, 6.45) is 3.59. The second-order valence-corrected chi connectivity index (χ2v) is 3.94. The van der Waals surface area contributed by atoms with Gasteiger partial charge in [0, 0.05) is 12.0 Å². The molecule has 0 radical (unpaired) electrons. The molecule has 0 aromatic heterocycles. The summed E-state index contributed by atoms with van der Waals surface area (Å²) in [4.78, 5) is 10.7. The Morgan fingerprint density at radius 1 is 1.35 bits per heavy atom. The highest BCUT2D eigenvalue weighted by Crippen LogP contribution is 2.30. The zero-order chi connectivity index (χ0) is 12.1. The lowest BCUT2D eigenvalue weighted by Crippen LogP contribution is -2.25. The van der Waals surface area contributed by atoms with Crippen LogP contribution >= 0.6 is 0 Å². The SMILES string of the molecule is COc1ccc(C=O)cc1O[C@H]1CCCCO1. The Balaban J connectivity index is 2.13. The minimum Gasteiger partial charge on any atom is -0.493 e. The van der Waals surface area contributed by atoms with E-state index in [4.69, 9.17) is 14.2 Å². The molecule has 17 heavy (non-hydrogen) atoms. The molecule has 0 amide bonds. The zero-order valence-corrected chi connectivity index (χ0v) is 9.85. The second-order valence-electron chi connectivity index (χ2n) is 3.94. The molecule has 0 spiro atoms. The van der Waals surface area contributed by atoms with E-state index in [2.05, 4.69) is 0 Å². The average molecular weight is 236 g/mol. The van der Waals surface area contributed by atoms with Gasteiger partial charge in [0.2, 0.25) is 0 Å². The number of rotatable bonds is 4. The fourth-order valence-corrected chi connectivity index (χ4v) is 1.80. The van der Waals surface area contributed by atoms with Gasteiger partial charge in [-0.05, 0) is 31.0 Å². The van der Waals surface area contributed by atoms with Crippen LogP contribution in [0.5, 0.6) is 11.5 Å². The van der Waals surface area contributed by atoms with Crippen LogP contribution in [0, 0.1) is 0 Å². The summed E-state index contributed by atoms with van der Waals surface area (Å²) in [7, 11) is 1.57. The van der Waals surface area contributed by atoms with E-state index in [1.54, 1.807) is 25.3 Å². The average Bonchev–Trinajstić information content (AvgIpc) is 2.40. The van der Waals surface area contributed by atoms with Gasteiger partial charge in [-0.25, -0.2) is 0 Å². The van der Waals surface area contributed by atoms with Crippen LogP contribution < -0.4 is 9.47 Å². The summed E-state index contributed by atoms with van der Waals surface area (Å²) in [6.45, 7) is 0.723. The first-order chi connectivity index (χ1) is 8.33. The normalized spacial score (nSPS) is 19.7. The first-order valence-electron chi connectivity index (χ1n) is 5.75. The number of carbonyl (C=O) groups excluding carboxylic acids is 1. The van der Waals surface area contributed by atoms with Crippen LogP contribution in [0.3, 0.4) is 0 Å². The van der Waals surface area contributed by atoms with Crippen LogP contribution in [0.15, 0.2) is 18.2 Å². The van der Waals surface area contributed by atoms with Gasteiger partial charge in [-0.3, -0.25) is 4.79 Å². The van der Waals surface area contributed by atoms with Gasteiger partial charge < -0.3 is 14.2 Å². The fraction of sp³-hybridized carbons (Fsp3) is 0.462. The lowest BCUT2D eigenvalue weighted by atomic mass is 10.2. The topological polar surface area (TPSA) is 44.8 Å². The largest absolute Gasteiger partial charge is 0.493 e. The number of hydrogen-bond acceptors (Lipinski definition) is 4. The van der Waals surface area contributed by atoms with E-state index in [1.807, 2.05) is 0 Å². The molecule has 4 heteroatoms. The number of benzene rings is 1. The van der Waals surface area contributed by atoms with Crippen molar-refractivity contribution in [3.05, 3.63) is 23.8 Å². The van der Waals surface area contributed by atoms with E-state index < -0.39 is 0 Å². The van der Waals surface area contributed by atoms with E-state index >= 15 is 0 Å². The fourth-order valence-electron chi connectivity index (χ4n) is 1.80. The molecule has 1 atom stereocenters. The third-order valence-electron chi connectivity index (χ3n) is 2.72. The Bertz CT molecular complexity index is 383. The molecule has 1 saturated heterocycles. The van der Waals surface area contributed by atoms with Crippen LogP contribution in [-0.4, -0.2) is 26.3 Å². The quantitative estimate of drug-likeness (QED) is 0.753. The number of carbonyl (C=O) groups is 1. The lowest BCUT2D eigenvalue weighted by Gasteiger charge is -2.24. The molecule has 0 N–H and O–H groups in total. The summed E-state index contributed by atoms with van der Waals surface area (Å²) < 4.78 is 16.4. The van der Waals surface area contributed by atoms with Gasteiger partial charge in [-0.15, -0.1) is 0 Å². The molecular formula is C13H16O4. The van der Waals surface area contributed by atoms with Crippen molar-refractivity contribution in [1.29, 1.82) is 0 Å². The van der Waals surface area contributed by atoms with Gasteiger partial charge in [0.25, 0.3) is 0 Å². The molecule has 0 unspecified atom stereocenters. The van der Waals surface area contributed by atoms with Crippen LogP contribution in [0.1, 0.15) is 29.6 Å². The molecule has 2 rings (SSSR count). The molecule has 92 valence electrons. The van der Waals surface area contributed by atoms with Gasteiger partial charge in [0.15, 0.2) is 17.8 Å². The van der Waals surface area contributed by atoms with Crippen molar-refractivity contribution in [3.8, 4) is 11.5 Å². The smallest absolute Gasteiger partial charge is 0.200 e. The highest BCUT2D eigenvalue weighted by molar-refractivity contribution is 5.76. The van der Waals surface area contributed by atoms with Crippen LogP contribution in [0.2, 0.25) is 0 Å². The van der Waals surface area contributed by atoms with E-state index in [9.17, 15) is 4.79 Å². The summed E-state index contributed by atoms with van der Waals surface area (Å²) >= 11 is 0. The van der Waals surface area contributed by atoms with Crippen molar-refractivity contribution >= 4 is 6.29 Å². The van der Waals surface area contributed by atoms with E-state index in [0.717, 1.165) is 32.2 Å². The van der Waals surface area contributed by atoms with Gasteiger partial charge in [0.1, 0.15) is 6.29 Å². The number of ether oxygens (including phenoxy) is 3. The maximum Gasteiger partial charge on any atom is 0.200 e. The molecule has 1 aromatic rings. The number of methoxy groups -OCH3 is 1. The van der Waals surface area contributed by atoms with Crippen molar-refractivity contribution < 1.29 is 19.0 Å². The molecule has 1 aliphatic heterocycles. The molecule has 0 saturated carbocycles. The summed E-state index contributed by atoms with van der Waals surface area (Å²) in [5.74, 6) is 1.17. The standard InChI is InChI=1S/C13H16O4/c1-15-11-6-5-10(9-14)8-12(11)17-13-4-2-3-7-16-13/h5-6,8-9,13H,2-4,7H2,1H3/t13-/m0/s1. The van der Waals surface area contributed by atoms with E-state index in [0.29, 0.717) is 17.1 Å². The predicted octanol–water partition coefficient (Wildman–Crippen LogP) is 2.41. The number of aldehydes is 1. The maximum atomic E-state index is 10.7. The van der Waals surface area contributed by atoms with Gasteiger partial charge in [-0.2, -0.15) is 0 Å². The lowest BCUT2D eigenvalue weighted by molar-refractivity contribution is -0.106. The summed E-state index contributed by atoms with van der Waals surface area (Å²) in [5.41, 5.74) is 0.566. The molecule has 0 bridgehead atoms. The molecular weight excluding hydrogens is 220 g/mol. The van der Waals surface area contributed by atoms with E-state index in [-0.39, 0.29) is 6.29 Å². The van der Waals surface area contributed by atoms with Crippen LogP contribution in [0.25, 0.3) is 0 Å². The van der Waals surface area contributed by atoms with Crippen molar-refractivity contribution in [2.24, 2.45) is 0 Å². The van der Waals surface area contributed by atoms with Crippen molar-refractivity contribution in [2.75, 3.05) is 13.7 Å². The first kappa shape index (κ1) is 11.9. The minimum absolute atomic E-state index is 0.237.